The fourth-order valence-corrected chi connectivity index (χ4v) is 7.93. The van der Waals surface area contributed by atoms with E-state index in [1.165, 1.54) is 10.1 Å². The van der Waals surface area contributed by atoms with Crippen LogP contribution in [0.25, 0.3) is 75.9 Å². The topological polar surface area (TPSA) is 80.6 Å². The van der Waals surface area contributed by atoms with Gasteiger partial charge in [-0.2, -0.15) is 0 Å². The van der Waals surface area contributed by atoms with Gasteiger partial charge in [0, 0.05) is 62.9 Å². The third-order valence-electron chi connectivity index (χ3n) is 9.43. The number of hydrogen-bond acceptors (Lipinski definition) is 8. The molecule has 244 valence electrons. The van der Waals surface area contributed by atoms with Gasteiger partial charge in [-0.25, -0.2) is 9.97 Å². The predicted octanol–water partition coefficient (Wildman–Crippen LogP) is 11.2. The summed E-state index contributed by atoms with van der Waals surface area (Å²) in [5.74, 6) is 0. The van der Waals surface area contributed by atoms with Gasteiger partial charge in [-0.15, -0.1) is 11.3 Å². The summed E-state index contributed by atoms with van der Waals surface area (Å²) in [6.45, 7) is 0. The third kappa shape index (κ3) is 5.30. The summed E-state index contributed by atoms with van der Waals surface area (Å²) >= 11 is 1.70. The second-order valence-electron chi connectivity index (χ2n) is 12.5. The Balaban J connectivity index is 1.04. The smallest absolute Gasteiger partial charge is 0.128 e. The molecule has 10 rings (SSSR count). The lowest BCUT2D eigenvalue weighted by Crippen LogP contribution is -2.09. The van der Waals surface area contributed by atoms with Gasteiger partial charge in [0.2, 0.25) is 0 Å². The summed E-state index contributed by atoms with van der Waals surface area (Å²) in [7, 11) is 0. The van der Waals surface area contributed by atoms with Crippen molar-refractivity contribution < 1.29 is 0 Å². The van der Waals surface area contributed by atoms with E-state index >= 15 is 0 Å². The lowest BCUT2D eigenvalue weighted by Gasteiger charge is -2.26. The number of benzene rings is 6. The SMILES string of the molecule is c1ccc2c(c1)sc1ncnc(-c3ccc(N(c4ccc(-c5ccc6nccnc6c5)cc4)c4ccc(-c5ccc6nccnc6c5)cc4)cc3)c12. The van der Waals surface area contributed by atoms with Crippen LogP contribution in [0.15, 0.2) is 165 Å². The summed E-state index contributed by atoms with van der Waals surface area (Å²) < 4.78 is 1.21. The van der Waals surface area contributed by atoms with Crippen molar-refractivity contribution in [3.05, 3.63) is 165 Å². The van der Waals surface area contributed by atoms with E-state index in [-0.39, 0.29) is 0 Å². The third-order valence-corrected chi connectivity index (χ3v) is 10.5. The monoisotopic (exact) mass is 685 g/mol. The molecule has 0 amide bonds. The van der Waals surface area contributed by atoms with Gasteiger partial charge in [-0.05, 0) is 89.0 Å². The van der Waals surface area contributed by atoms with Gasteiger partial charge in [-0.1, -0.05) is 66.7 Å². The van der Waals surface area contributed by atoms with Gasteiger partial charge in [0.15, 0.2) is 0 Å². The van der Waals surface area contributed by atoms with Crippen LogP contribution >= 0.6 is 11.3 Å². The number of thiophene rings is 1. The van der Waals surface area contributed by atoms with E-state index in [2.05, 4.69) is 151 Å². The van der Waals surface area contributed by atoms with Crippen molar-refractivity contribution in [2.24, 2.45) is 0 Å². The molecule has 0 saturated heterocycles. The van der Waals surface area contributed by atoms with Gasteiger partial charge in [0.25, 0.3) is 0 Å². The molecule has 8 heteroatoms. The quantitative estimate of drug-likeness (QED) is 0.172. The number of fused-ring (bicyclic) bond motifs is 5. The molecule has 0 aliphatic heterocycles. The van der Waals surface area contributed by atoms with Gasteiger partial charge >= 0.3 is 0 Å². The second-order valence-corrected chi connectivity index (χ2v) is 13.5. The highest BCUT2D eigenvalue weighted by atomic mass is 32.1. The molecular weight excluding hydrogens is 659 g/mol. The van der Waals surface area contributed by atoms with Crippen molar-refractivity contribution in [3.63, 3.8) is 0 Å². The molecule has 4 heterocycles. The van der Waals surface area contributed by atoms with E-state index in [9.17, 15) is 0 Å². The molecule has 0 aliphatic rings. The lowest BCUT2D eigenvalue weighted by atomic mass is 10.0. The molecular formula is C44H27N7S. The number of rotatable bonds is 6. The van der Waals surface area contributed by atoms with Crippen molar-refractivity contribution in [3.8, 4) is 33.5 Å². The molecule has 0 spiro atoms. The molecule has 0 atom stereocenters. The number of nitrogens with zero attached hydrogens (tertiary/aromatic N) is 7. The zero-order valence-electron chi connectivity index (χ0n) is 27.6. The Bertz CT molecular complexity index is 2780. The molecule has 0 radical (unpaired) electrons. The van der Waals surface area contributed by atoms with Crippen LogP contribution in [0.5, 0.6) is 0 Å². The van der Waals surface area contributed by atoms with Crippen LogP contribution < -0.4 is 4.90 Å². The predicted molar refractivity (Wildman–Crippen MR) is 212 cm³/mol. The average Bonchev–Trinajstić information content (AvgIpc) is 3.61. The standard InChI is InChI=1S/C44H27N7S/c1-2-4-41-36(3-1)42-43(49-27-50-44(42)52-41)30-9-17-35(18-10-30)51(33-13-5-28(6-14-33)31-11-19-37-39(25-31)47-23-21-45-37)34-15-7-29(8-16-34)32-12-20-38-40(26-32)48-24-22-46-38/h1-27H. The summed E-state index contributed by atoms with van der Waals surface area (Å²) in [6.07, 6.45) is 8.57. The van der Waals surface area contributed by atoms with Gasteiger partial charge in [0.1, 0.15) is 11.2 Å². The number of aromatic nitrogens is 6. The summed E-state index contributed by atoms with van der Waals surface area (Å²) in [5, 5.41) is 2.28. The molecule has 0 unspecified atom stereocenters. The Hall–Kier alpha value is -6.90. The van der Waals surface area contributed by atoms with Gasteiger partial charge in [-0.3, -0.25) is 19.9 Å². The van der Waals surface area contributed by atoms with Crippen LogP contribution in [0.3, 0.4) is 0 Å². The van der Waals surface area contributed by atoms with Crippen LogP contribution in [-0.4, -0.2) is 29.9 Å². The summed E-state index contributed by atoms with van der Waals surface area (Å²) in [5.41, 5.74) is 13.0. The first-order chi connectivity index (χ1) is 25.7. The number of anilines is 3. The van der Waals surface area contributed by atoms with E-state index in [0.29, 0.717) is 0 Å². The van der Waals surface area contributed by atoms with Crippen molar-refractivity contribution in [1.29, 1.82) is 0 Å². The maximum Gasteiger partial charge on any atom is 0.128 e. The molecule has 52 heavy (non-hydrogen) atoms. The fraction of sp³-hybridized carbons (Fsp3) is 0. The second kappa shape index (κ2) is 12.5. The van der Waals surface area contributed by atoms with E-state index in [4.69, 9.17) is 4.98 Å². The van der Waals surface area contributed by atoms with E-state index < -0.39 is 0 Å². The highest BCUT2D eigenvalue weighted by molar-refractivity contribution is 7.25. The van der Waals surface area contributed by atoms with Crippen molar-refractivity contribution in [1.82, 2.24) is 29.9 Å². The molecule has 0 saturated carbocycles. The van der Waals surface area contributed by atoms with Gasteiger partial charge < -0.3 is 4.90 Å². The highest BCUT2D eigenvalue weighted by Crippen LogP contribution is 2.40. The Morgan fingerprint density at radius 2 is 0.885 bits per heavy atom. The van der Waals surface area contributed by atoms with Crippen LogP contribution in [0.2, 0.25) is 0 Å². The maximum atomic E-state index is 4.77. The minimum absolute atomic E-state index is 0.876. The van der Waals surface area contributed by atoms with Crippen LogP contribution in [0.1, 0.15) is 0 Å². The largest absolute Gasteiger partial charge is 0.311 e. The van der Waals surface area contributed by atoms with E-state index in [1.807, 2.05) is 12.1 Å². The first-order valence-electron chi connectivity index (χ1n) is 16.9. The Labute approximate surface area is 302 Å². The normalized spacial score (nSPS) is 11.5. The van der Waals surface area contributed by atoms with Crippen LogP contribution in [0, 0.1) is 0 Å². The van der Waals surface area contributed by atoms with Crippen molar-refractivity contribution >= 4 is 70.8 Å². The van der Waals surface area contributed by atoms with E-state index in [1.54, 1.807) is 42.5 Å². The average molecular weight is 686 g/mol. The fourth-order valence-electron chi connectivity index (χ4n) is 6.88. The first kappa shape index (κ1) is 30.0. The molecule has 7 nitrogen and oxygen atoms in total. The lowest BCUT2D eigenvalue weighted by molar-refractivity contribution is 1.23. The summed E-state index contributed by atoms with van der Waals surface area (Å²) in [6, 6.07) is 46.9. The molecule has 0 aliphatic carbocycles. The van der Waals surface area contributed by atoms with E-state index in [0.717, 1.165) is 82.9 Å². The molecule has 0 N–H and O–H groups in total. The Morgan fingerprint density at radius 3 is 1.44 bits per heavy atom. The Morgan fingerprint density at radius 1 is 0.404 bits per heavy atom. The van der Waals surface area contributed by atoms with Crippen molar-refractivity contribution in [2.45, 2.75) is 0 Å². The van der Waals surface area contributed by atoms with Crippen molar-refractivity contribution in [2.75, 3.05) is 4.90 Å². The van der Waals surface area contributed by atoms with Gasteiger partial charge in [0.05, 0.1) is 27.8 Å². The first-order valence-corrected chi connectivity index (χ1v) is 17.7. The highest BCUT2D eigenvalue weighted by Gasteiger charge is 2.17. The molecule has 6 aromatic carbocycles. The Kier molecular flexibility index (Phi) is 7.18. The zero-order chi connectivity index (χ0) is 34.4. The minimum Gasteiger partial charge on any atom is -0.311 e. The number of hydrogen-bond donors (Lipinski definition) is 0. The zero-order valence-corrected chi connectivity index (χ0v) is 28.4. The molecule has 4 aromatic heterocycles. The minimum atomic E-state index is 0.876. The maximum absolute atomic E-state index is 4.77. The molecule has 0 bridgehead atoms. The molecule has 10 aromatic rings. The molecule has 0 fully saturated rings. The summed E-state index contributed by atoms with van der Waals surface area (Å²) in [4.78, 5) is 30.5. The van der Waals surface area contributed by atoms with Crippen LogP contribution in [-0.2, 0) is 0 Å². The van der Waals surface area contributed by atoms with Crippen LogP contribution in [0.4, 0.5) is 17.1 Å².